The molecular formula is C28H30FN5O4. The van der Waals surface area contributed by atoms with Crippen molar-refractivity contribution in [3.63, 3.8) is 0 Å². The summed E-state index contributed by atoms with van der Waals surface area (Å²) >= 11 is 0. The number of likely N-dealkylation sites (N-methyl/N-ethyl adjacent to an activating group) is 1. The van der Waals surface area contributed by atoms with E-state index < -0.39 is 47.5 Å². The van der Waals surface area contributed by atoms with Crippen molar-refractivity contribution in [2.24, 2.45) is 5.92 Å². The average Bonchev–Trinajstić information content (AvgIpc) is 3.41. The largest absolute Gasteiger partial charge is 0.333 e. The first-order valence-corrected chi connectivity index (χ1v) is 12.5. The van der Waals surface area contributed by atoms with Gasteiger partial charge >= 0.3 is 0 Å². The van der Waals surface area contributed by atoms with Crippen molar-refractivity contribution in [1.29, 1.82) is 5.26 Å². The summed E-state index contributed by atoms with van der Waals surface area (Å²) in [6, 6.07) is 13.2. The van der Waals surface area contributed by atoms with Crippen LogP contribution in [-0.4, -0.2) is 59.1 Å². The van der Waals surface area contributed by atoms with Gasteiger partial charge in [0, 0.05) is 25.7 Å². The molecule has 2 aromatic carbocycles. The number of hydrogen-bond acceptors (Lipinski definition) is 5. The third-order valence-electron chi connectivity index (χ3n) is 7.22. The lowest BCUT2D eigenvalue weighted by Crippen LogP contribution is -2.52. The van der Waals surface area contributed by atoms with Crippen molar-refractivity contribution >= 4 is 35.0 Å². The number of nitrogens with zero attached hydrogens (tertiary/aromatic N) is 3. The number of anilines is 2. The van der Waals surface area contributed by atoms with E-state index in [1.54, 1.807) is 18.2 Å². The Balaban J connectivity index is 1.53. The minimum Gasteiger partial charge on any atom is -0.333 e. The van der Waals surface area contributed by atoms with Crippen LogP contribution in [0.25, 0.3) is 0 Å². The van der Waals surface area contributed by atoms with Gasteiger partial charge in [0.25, 0.3) is 0 Å². The molecule has 0 unspecified atom stereocenters. The van der Waals surface area contributed by atoms with Crippen molar-refractivity contribution in [3.8, 4) is 6.07 Å². The minimum atomic E-state index is -1.04. The topological polar surface area (TPSA) is 123 Å². The van der Waals surface area contributed by atoms with Crippen molar-refractivity contribution in [3.05, 3.63) is 59.9 Å². The number of carbonyl (C=O) groups excluding carboxylic acids is 4. The van der Waals surface area contributed by atoms with Gasteiger partial charge in [0.15, 0.2) is 0 Å². The molecule has 2 N–H and O–H groups in total. The zero-order valence-corrected chi connectivity index (χ0v) is 21.5. The average molecular weight is 520 g/mol. The maximum Gasteiger partial charge on any atom is 0.246 e. The number of para-hydroxylation sites is 2. The Hall–Kier alpha value is -4.26. The number of amides is 4. The molecule has 0 bridgehead atoms. The molecule has 198 valence electrons. The van der Waals surface area contributed by atoms with Gasteiger partial charge in [-0.25, -0.2) is 4.39 Å². The smallest absolute Gasteiger partial charge is 0.246 e. The van der Waals surface area contributed by atoms with Crippen LogP contribution in [0, 0.1) is 23.1 Å². The fraction of sp³-hybridized carbons (Fsp3) is 0.393. The molecule has 9 nitrogen and oxygen atoms in total. The first-order chi connectivity index (χ1) is 18.1. The fourth-order valence-corrected chi connectivity index (χ4v) is 5.24. The summed E-state index contributed by atoms with van der Waals surface area (Å²) in [6.07, 6.45) is -0.149. The SMILES string of the molecule is CC(C)C[C@@H](C(=O)N1C[C@]2(C[C@H]1C#N)C(=O)Nc1ccccc12)N(C)C(=O)CC(=O)Nc1ccccc1F. The van der Waals surface area contributed by atoms with Gasteiger partial charge < -0.3 is 20.4 Å². The molecular weight excluding hydrogens is 489 g/mol. The Labute approximate surface area is 220 Å². The summed E-state index contributed by atoms with van der Waals surface area (Å²) in [6.45, 7) is 3.81. The molecule has 0 radical (unpaired) electrons. The van der Waals surface area contributed by atoms with E-state index >= 15 is 0 Å². The van der Waals surface area contributed by atoms with Crippen LogP contribution in [0.1, 0.15) is 38.7 Å². The summed E-state index contributed by atoms with van der Waals surface area (Å²) < 4.78 is 13.9. The summed E-state index contributed by atoms with van der Waals surface area (Å²) in [4.78, 5) is 55.1. The van der Waals surface area contributed by atoms with E-state index in [-0.39, 0.29) is 30.5 Å². The lowest BCUT2D eigenvalue weighted by Gasteiger charge is -2.33. The highest BCUT2D eigenvalue weighted by Gasteiger charge is 2.56. The van der Waals surface area contributed by atoms with Crippen LogP contribution < -0.4 is 10.6 Å². The summed E-state index contributed by atoms with van der Waals surface area (Å²) in [7, 11) is 1.44. The van der Waals surface area contributed by atoms with E-state index in [1.165, 1.54) is 35.0 Å². The zero-order valence-electron chi connectivity index (χ0n) is 21.5. The number of likely N-dealkylation sites (tertiary alicyclic amines) is 1. The van der Waals surface area contributed by atoms with Crippen LogP contribution in [0.15, 0.2) is 48.5 Å². The lowest BCUT2D eigenvalue weighted by atomic mass is 9.80. The molecule has 1 saturated heterocycles. The zero-order chi connectivity index (χ0) is 27.6. The number of halogens is 1. The van der Waals surface area contributed by atoms with Crippen molar-refractivity contribution in [1.82, 2.24) is 9.80 Å². The van der Waals surface area contributed by atoms with Crippen LogP contribution in [-0.2, 0) is 24.6 Å². The third-order valence-corrected chi connectivity index (χ3v) is 7.22. The molecule has 38 heavy (non-hydrogen) atoms. The molecule has 1 spiro atoms. The Bertz CT molecular complexity index is 1320. The molecule has 0 aromatic heterocycles. The standard InChI is InChI=1S/C28H30FN5O4/c1-17(2)12-23(33(3)25(36)13-24(35)31-22-11-7-5-9-20(22)29)26(37)34-16-28(14-18(34)15-30)19-8-4-6-10-21(19)32-27(28)38/h4-11,17-18,23H,12-14,16H2,1-3H3,(H,31,35)(H,32,38)/t18-,23-,28-/m0/s1. The monoisotopic (exact) mass is 519 g/mol. The van der Waals surface area contributed by atoms with Crippen LogP contribution in [0.3, 0.4) is 0 Å². The van der Waals surface area contributed by atoms with Gasteiger partial charge in [-0.1, -0.05) is 44.2 Å². The molecule has 2 aliphatic rings. The predicted octanol–water partition coefficient (Wildman–Crippen LogP) is 3.04. The third kappa shape index (κ3) is 4.96. The normalized spacial score (nSPS) is 20.6. The van der Waals surface area contributed by atoms with Gasteiger partial charge in [-0.3, -0.25) is 19.2 Å². The van der Waals surface area contributed by atoms with Gasteiger partial charge in [0.2, 0.25) is 23.6 Å². The molecule has 0 aliphatic carbocycles. The predicted molar refractivity (Wildman–Crippen MR) is 138 cm³/mol. The number of hydrogen-bond donors (Lipinski definition) is 2. The van der Waals surface area contributed by atoms with E-state index in [9.17, 15) is 28.8 Å². The highest BCUT2D eigenvalue weighted by molar-refractivity contribution is 6.08. The maximum atomic E-state index is 13.9. The molecule has 0 saturated carbocycles. The van der Waals surface area contributed by atoms with Gasteiger partial charge in [-0.05, 0) is 36.1 Å². The second kappa shape index (κ2) is 10.6. The molecule has 4 rings (SSSR count). The minimum absolute atomic E-state index is 0.0112. The lowest BCUT2D eigenvalue weighted by molar-refractivity contribution is -0.146. The van der Waals surface area contributed by atoms with Gasteiger partial charge in [-0.15, -0.1) is 0 Å². The summed E-state index contributed by atoms with van der Waals surface area (Å²) in [5.41, 5.74) is 0.319. The summed E-state index contributed by atoms with van der Waals surface area (Å²) in [5.74, 6) is -2.66. The van der Waals surface area contributed by atoms with Gasteiger partial charge in [-0.2, -0.15) is 5.26 Å². The fourth-order valence-electron chi connectivity index (χ4n) is 5.24. The van der Waals surface area contributed by atoms with Crippen LogP contribution in [0.2, 0.25) is 0 Å². The van der Waals surface area contributed by atoms with E-state index in [2.05, 4.69) is 16.7 Å². The van der Waals surface area contributed by atoms with E-state index in [0.717, 1.165) is 5.56 Å². The summed E-state index contributed by atoms with van der Waals surface area (Å²) in [5, 5.41) is 15.2. The maximum absolute atomic E-state index is 13.9. The first kappa shape index (κ1) is 26.8. The number of nitriles is 1. The molecule has 2 aromatic rings. The van der Waals surface area contributed by atoms with E-state index in [1.807, 2.05) is 26.0 Å². The van der Waals surface area contributed by atoms with E-state index in [4.69, 9.17) is 0 Å². The Morgan fingerprint density at radius 2 is 1.89 bits per heavy atom. The van der Waals surface area contributed by atoms with Crippen molar-refractivity contribution in [2.75, 3.05) is 24.2 Å². The Morgan fingerprint density at radius 1 is 1.21 bits per heavy atom. The second-order valence-electron chi connectivity index (χ2n) is 10.3. The van der Waals surface area contributed by atoms with Crippen LogP contribution >= 0.6 is 0 Å². The van der Waals surface area contributed by atoms with Gasteiger partial charge in [0.1, 0.15) is 24.3 Å². The quantitative estimate of drug-likeness (QED) is 0.545. The number of benzene rings is 2. The molecule has 2 aliphatic heterocycles. The van der Waals surface area contributed by atoms with Crippen LogP contribution in [0.4, 0.5) is 15.8 Å². The number of rotatable bonds is 7. The molecule has 4 amide bonds. The number of nitrogens with one attached hydrogen (secondary N) is 2. The number of fused-ring (bicyclic) bond motifs is 2. The van der Waals surface area contributed by atoms with Crippen molar-refractivity contribution < 1.29 is 23.6 Å². The molecule has 3 atom stereocenters. The van der Waals surface area contributed by atoms with E-state index in [0.29, 0.717) is 12.1 Å². The molecule has 1 fully saturated rings. The van der Waals surface area contributed by atoms with Gasteiger partial charge in [0.05, 0.1) is 17.2 Å². The Morgan fingerprint density at radius 3 is 2.58 bits per heavy atom. The van der Waals surface area contributed by atoms with Crippen molar-refractivity contribution in [2.45, 2.75) is 50.6 Å². The highest BCUT2D eigenvalue weighted by atomic mass is 19.1. The first-order valence-electron chi connectivity index (χ1n) is 12.5. The van der Waals surface area contributed by atoms with Crippen LogP contribution in [0.5, 0.6) is 0 Å². The molecule has 10 heteroatoms. The number of carbonyl (C=O) groups is 4. The molecule has 2 heterocycles. The Kier molecular flexibility index (Phi) is 7.49. The highest BCUT2D eigenvalue weighted by Crippen LogP contribution is 2.46. The second-order valence-corrected chi connectivity index (χ2v) is 10.3.